The zero-order chi connectivity index (χ0) is 22.7. The Labute approximate surface area is 187 Å². The summed E-state index contributed by atoms with van der Waals surface area (Å²) in [6.45, 7) is 4.04. The highest BCUT2D eigenvalue weighted by Gasteiger charge is 2.21. The Kier molecular flexibility index (Phi) is 6.18. The third-order valence-corrected chi connectivity index (χ3v) is 5.74. The SMILES string of the molecule is CC(C)n1nc(-c2sc(C(=O)NCc3cccnc3)nc2-c2ccc(F)cc2)ccc1=O. The van der Waals surface area contributed by atoms with Crippen molar-refractivity contribution >= 4 is 17.2 Å². The molecule has 0 aliphatic rings. The fraction of sp³-hybridized carbons (Fsp3) is 0.174. The van der Waals surface area contributed by atoms with Gasteiger partial charge < -0.3 is 5.32 Å². The van der Waals surface area contributed by atoms with Crippen molar-refractivity contribution in [2.24, 2.45) is 0 Å². The molecule has 162 valence electrons. The molecule has 7 nitrogen and oxygen atoms in total. The highest BCUT2D eigenvalue weighted by molar-refractivity contribution is 7.17. The van der Waals surface area contributed by atoms with E-state index in [0.29, 0.717) is 28.4 Å². The van der Waals surface area contributed by atoms with E-state index in [4.69, 9.17) is 0 Å². The van der Waals surface area contributed by atoms with Crippen LogP contribution in [-0.4, -0.2) is 25.7 Å². The van der Waals surface area contributed by atoms with Crippen molar-refractivity contribution in [3.63, 3.8) is 0 Å². The van der Waals surface area contributed by atoms with Gasteiger partial charge in [0.25, 0.3) is 11.5 Å². The number of carbonyl (C=O) groups is 1. The Morgan fingerprint density at radius 3 is 2.62 bits per heavy atom. The molecule has 32 heavy (non-hydrogen) atoms. The van der Waals surface area contributed by atoms with Crippen LogP contribution in [0.25, 0.3) is 21.8 Å². The van der Waals surface area contributed by atoms with E-state index in [1.54, 1.807) is 36.7 Å². The Balaban J connectivity index is 1.74. The zero-order valence-electron chi connectivity index (χ0n) is 17.4. The number of rotatable bonds is 6. The Morgan fingerprint density at radius 1 is 1.16 bits per heavy atom. The summed E-state index contributed by atoms with van der Waals surface area (Å²) >= 11 is 1.17. The predicted molar refractivity (Wildman–Crippen MR) is 121 cm³/mol. The second kappa shape index (κ2) is 9.19. The van der Waals surface area contributed by atoms with Gasteiger partial charge in [-0.15, -0.1) is 11.3 Å². The second-order valence-corrected chi connectivity index (χ2v) is 8.34. The minimum absolute atomic E-state index is 0.133. The lowest BCUT2D eigenvalue weighted by atomic mass is 10.1. The van der Waals surface area contributed by atoms with Gasteiger partial charge in [-0.2, -0.15) is 5.10 Å². The first kappa shape index (κ1) is 21.5. The van der Waals surface area contributed by atoms with Gasteiger partial charge in [0, 0.05) is 30.6 Å². The third kappa shape index (κ3) is 4.62. The van der Waals surface area contributed by atoms with Gasteiger partial charge in [0.1, 0.15) is 11.5 Å². The monoisotopic (exact) mass is 449 g/mol. The van der Waals surface area contributed by atoms with Crippen molar-refractivity contribution in [2.45, 2.75) is 26.4 Å². The van der Waals surface area contributed by atoms with E-state index in [1.807, 2.05) is 19.9 Å². The fourth-order valence-corrected chi connectivity index (χ4v) is 4.04. The number of thiazole rings is 1. The van der Waals surface area contributed by atoms with Crippen LogP contribution in [-0.2, 0) is 6.54 Å². The molecule has 1 N–H and O–H groups in total. The van der Waals surface area contributed by atoms with Crippen LogP contribution in [0, 0.1) is 5.82 Å². The summed E-state index contributed by atoms with van der Waals surface area (Å²) in [5, 5.41) is 7.56. The molecule has 4 rings (SSSR count). The van der Waals surface area contributed by atoms with Gasteiger partial charge in [-0.05, 0) is 55.8 Å². The molecule has 0 aliphatic heterocycles. The lowest BCUT2D eigenvalue weighted by molar-refractivity contribution is 0.0950. The van der Waals surface area contributed by atoms with Gasteiger partial charge in [0.15, 0.2) is 5.01 Å². The average molecular weight is 450 g/mol. The number of nitrogens with one attached hydrogen (secondary N) is 1. The van der Waals surface area contributed by atoms with Gasteiger partial charge in [-0.1, -0.05) is 6.07 Å². The highest BCUT2D eigenvalue weighted by atomic mass is 32.1. The number of halogens is 1. The summed E-state index contributed by atoms with van der Waals surface area (Å²) in [5.41, 5.74) is 2.31. The van der Waals surface area contributed by atoms with Crippen molar-refractivity contribution in [1.82, 2.24) is 25.1 Å². The molecule has 0 unspecified atom stereocenters. The molecule has 0 bridgehead atoms. The topological polar surface area (TPSA) is 89.8 Å². The predicted octanol–water partition coefficient (Wildman–Crippen LogP) is 4.08. The van der Waals surface area contributed by atoms with Crippen LogP contribution in [0.2, 0.25) is 0 Å². The third-order valence-electron chi connectivity index (χ3n) is 4.66. The van der Waals surface area contributed by atoms with Crippen LogP contribution in [0.4, 0.5) is 4.39 Å². The van der Waals surface area contributed by atoms with Crippen LogP contribution in [0.15, 0.2) is 65.7 Å². The van der Waals surface area contributed by atoms with E-state index in [9.17, 15) is 14.0 Å². The van der Waals surface area contributed by atoms with E-state index in [-0.39, 0.29) is 28.3 Å². The van der Waals surface area contributed by atoms with Gasteiger partial charge >= 0.3 is 0 Å². The molecule has 3 heterocycles. The van der Waals surface area contributed by atoms with Gasteiger partial charge in [-0.3, -0.25) is 14.6 Å². The number of hydrogen-bond acceptors (Lipinski definition) is 6. The van der Waals surface area contributed by atoms with E-state index in [0.717, 1.165) is 5.56 Å². The standard InChI is InChI=1S/C23H20FN5O2S/c1-14(2)29-19(30)10-9-18(28-29)21-20(16-5-7-17(24)8-6-16)27-23(32-21)22(31)26-13-15-4-3-11-25-12-15/h3-12,14H,13H2,1-2H3,(H,26,31). The number of hydrogen-bond donors (Lipinski definition) is 1. The zero-order valence-corrected chi connectivity index (χ0v) is 18.3. The Hall–Kier alpha value is -3.72. The van der Waals surface area contributed by atoms with Gasteiger partial charge in [-0.25, -0.2) is 14.1 Å². The van der Waals surface area contributed by atoms with Crippen molar-refractivity contribution in [1.29, 1.82) is 0 Å². The van der Waals surface area contributed by atoms with Crippen LogP contribution >= 0.6 is 11.3 Å². The molecule has 0 saturated heterocycles. The summed E-state index contributed by atoms with van der Waals surface area (Å²) in [7, 11) is 0. The van der Waals surface area contributed by atoms with Crippen LogP contribution in [0.1, 0.15) is 35.3 Å². The summed E-state index contributed by atoms with van der Waals surface area (Å²) in [4.78, 5) is 34.2. The Morgan fingerprint density at radius 2 is 1.94 bits per heavy atom. The summed E-state index contributed by atoms with van der Waals surface area (Å²) in [6.07, 6.45) is 3.34. The lowest BCUT2D eigenvalue weighted by Crippen LogP contribution is -2.23. The Bertz CT molecular complexity index is 1300. The van der Waals surface area contributed by atoms with E-state index >= 15 is 0 Å². The molecular weight excluding hydrogens is 429 g/mol. The summed E-state index contributed by atoms with van der Waals surface area (Å²) in [5.74, 6) is -0.711. The van der Waals surface area contributed by atoms with Crippen LogP contribution < -0.4 is 10.9 Å². The fourth-order valence-electron chi connectivity index (χ4n) is 3.07. The lowest BCUT2D eigenvalue weighted by Gasteiger charge is -2.09. The maximum Gasteiger partial charge on any atom is 0.280 e. The number of pyridine rings is 1. The van der Waals surface area contributed by atoms with Gasteiger partial charge in [0.2, 0.25) is 0 Å². The molecule has 0 atom stereocenters. The maximum atomic E-state index is 13.5. The largest absolute Gasteiger partial charge is 0.346 e. The van der Waals surface area contributed by atoms with Crippen LogP contribution in [0.5, 0.6) is 0 Å². The number of aromatic nitrogens is 4. The molecule has 4 aromatic rings. The molecule has 0 fully saturated rings. The molecule has 1 aromatic carbocycles. The number of benzene rings is 1. The van der Waals surface area contributed by atoms with Crippen molar-refractivity contribution in [3.05, 3.63) is 87.7 Å². The molecule has 3 aromatic heterocycles. The minimum Gasteiger partial charge on any atom is -0.346 e. The first-order valence-electron chi connectivity index (χ1n) is 9.96. The quantitative estimate of drug-likeness (QED) is 0.479. The number of nitrogens with zero attached hydrogens (tertiary/aromatic N) is 4. The van der Waals surface area contributed by atoms with Crippen LogP contribution in [0.3, 0.4) is 0 Å². The molecule has 0 radical (unpaired) electrons. The normalized spacial score (nSPS) is 11.0. The molecule has 0 saturated carbocycles. The van der Waals surface area contributed by atoms with E-state index in [1.165, 1.54) is 34.2 Å². The molecule has 0 spiro atoms. The van der Waals surface area contributed by atoms with Crippen molar-refractivity contribution in [2.75, 3.05) is 0 Å². The van der Waals surface area contributed by atoms with Crippen molar-refractivity contribution < 1.29 is 9.18 Å². The average Bonchev–Trinajstić information content (AvgIpc) is 3.24. The van der Waals surface area contributed by atoms with E-state index in [2.05, 4.69) is 20.4 Å². The molecular formula is C23H20FN5O2S. The molecule has 9 heteroatoms. The summed E-state index contributed by atoms with van der Waals surface area (Å²) in [6, 6.07) is 12.5. The number of carbonyl (C=O) groups excluding carboxylic acids is 1. The number of amides is 1. The summed E-state index contributed by atoms with van der Waals surface area (Å²) < 4.78 is 14.9. The molecule has 0 aliphatic carbocycles. The van der Waals surface area contributed by atoms with E-state index < -0.39 is 0 Å². The first-order chi connectivity index (χ1) is 15.4. The molecule has 1 amide bonds. The minimum atomic E-state index is -0.369. The van der Waals surface area contributed by atoms with Crippen molar-refractivity contribution in [3.8, 4) is 21.8 Å². The highest BCUT2D eigenvalue weighted by Crippen LogP contribution is 2.35. The maximum absolute atomic E-state index is 13.5. The smallest absolute Gasteiger partial charge is 0.280 e. The first-order valence-corrected chi connectivity index (χ1v) is 10.8. The second-order valence-electron chi connectivity index (χ2n) is 7.34. The van der Waals surface area contributed by atoms with Gasteiger partial charge in [0.05, 0.1) is 16.6 Å².